The maximum Gasteiger partial charge on any atom is 0.315 e. The van der Waals surface area contributed by atoms with Crippen LogP contribution >= 0.6 is 0 Å². The molecular formula is C10H12F2N2O2. The number of alkyl halides is 2. The number of hydrogen-bond acceptors (Lipinski definition) is 2. The third-order valence-corrected chi connectivity index (χ3v) is 3.26. The van der Waals surface area contributed by atoms with Crippen LogP contribution in [-0.4, -0.2) is 27.2 Å². The van der Waals surface area contributed by atoms with E-state index in [0.29, 0.717) is 5.69 Å². The molecule has 1 aliphatic carbocycles. The van der Waals surface area contributed by atoms with Gasteiger partial charge in [-0.05, 0) is 18.9 Å². The molecule has 2 N–H and O–H groups in total. The Balaban J connectivity index is 2.30. The lowest BCUT2D eigenvalue weighted by Gasteiger charge is -2.35. The quantitative estimate of drug-likeness (QED) is 0.815. The molecule has 0 aliphatic heterocycles. The number of carbonyl (C=O) groups is 1. The van der Waals surface area contributed by atoms with Crippen molar-refractivity contribution in [3.63, 3.8) is 0 Å². The number of aliphatic carboxylic acids is 1. The van der Waals surface area contributed by atoms with Crippen LogP contribution in [0.4, 0.5) is 8.78 Å². The number of halogens is 2. The first-order valence-corrected chi connectivity index (χ1v) is 5.07. The highest BCUT2D eigenvalue weighted by Gasteiger charge is 2.49. The fraction of sp³-hybridized carbons (Fsp3) is 0.600. The molecule has 0 bridgehead atoms. The van der Waals surface area contributed by atoms with Crippen LogP contribution < -0.4 is 0 Å². The average Bonchev–Trinajstić information content (AvgIpc) is 2.71. The molecule has 1 fully saturated rings. The van der Waals surface area contributed by atoms with E-state index in [9.17, 15) is 18.7 Å². The predicted molar refractivity (Wildman–Crippen MR) is 51.3 cm³/mol. The van der Waals surface area contributed by atoms with Crippen LogP contribution in [-0.2, 0) is 10.2 Å². The number of nitrogens with zero attached hydrogens (tertiary/aromatic N) is 1. The molecule has 0 aromatic carbocycles. The van der Waals surface area contributed by atoms with Gasteiger partial charge in [-0.25, -0.2) is 8.78 Å². The smallest absolute Gasteiger partial charge is 0.315 e. The largest absolute Gasteiger partial charge is 0.481 e. The molecular weight excluding hydrogens is 218 g/mol. The molecule has 0 unspecified atom stereocenters. The summed E-state index contributed by atoms with van der Waals surface area (Å²) in [5.74, 6) is -3.80. The van der Waals surface area contributed by atoms with Gasteiger partial charge in [0.25, 0.3) is 0 Å². The Morgan fingerprint density at radius 2 is 2.00 bits per heavy atom. The molecule has 1 aromatic rings. The minimum absolute atomic E-state index is 0.0580. The number of H-pyrrole nitrogens is 1. The summed E-state index contributed by atoms with van der Waals surface area (Å²) in [6, 6.07) is 1.54. The third-order valence-electron chi connectivity index (χ3n) is 3.26. The molecule has 0 atom stereocenters. The fourth-order valence-corrected chi connectivity index (χ4v) is 2.16. The topological polar surface area (TPSA) is 66.0 Å². The average molecular weight is 230 g/mol. The second-order valence-corrected chi connectivity index (χ2v) is 4.21. The SMILES string of the molecule is O=C(O)C1(c2ccn[nH]2)CCC(F)(F)CC1. The van der Waals surface area contributed by atoms with Gasteiger partial charge in [-0.1, -0.05) is 0 Å². The summed E-state index contributed by atoms with van der Waals surface area (Å²) in [5.41, 5.74) is -0.812. The van der Waals surface area contributed by atoms with Crippen LogP contribution in [0, 0.1) is 0 Å². The van der Waals surface area contributed by atoms with E-state index in [-0.39, 0.29) is 12.8 Å². The fourth-order valence-electron chi connectivity index (χ4n) is 2.16. The van der Waals surface area contributed by atoms with Crippen molar-refractivity contribution >= 4 is 5.97 Å². The van der Waals surface area contributed by atoms with Crippen molar-refractivity contribution in [1.29, 1.82) is 0 Å². The van der Waals surface area contributed by atoms with Crippen molar-refractivity contribution in [1.82, 2.24) is 10.2 Å². The standard InChI is InChI=1S/C10H12F2N2O2/c11-10(12)4-2-9(3-5-10,8(15)16)7-1-6-13-14-7/h1,6H,2-5H2,(H,13,14)(H,15,16). The number of hydrogen-bond donors (Lipinski definition) is 2. The summed E-state index contributed by atoms with van der Waals surface area (Å²) < 4.78 is 26.1. The van der Waals surface area contributed by atoms with E-state index in [2.05, 4.69) is 10.2 Å². The van der Waals surface area contributed by atoms with Gasteiger partial charge in [0.05, 0.1) is 5.69 Å². The minimum Gasteiger partial charge on any atom is -0.481 e. The van der Waals surface area contributed by atoms with Crippen LogP contribution in [0.15, 0.2) is 12.3 Å². The Kier molecular flexibility index (Phi) is 2.44. The van der Waals surface area contributed by atoms with Crippen molar-refractivity contribution in [2.45, 2.75) is 37.0 Å². The second-order valence-electron chi connectivity index (χ2n) is 4.21. The van der Waals surface area contributed by atoms with E-state index in [1.165, 1.54) is 12.3 Å². The van der Waals surface area contributed by atoms with Gasteiger partial charge in [0, 0.05) is 19.0 Å². The van der Waals surface area contributed by atoms with Crippen molar-refractivity contribution in [2.24, 2.45) is 0 Å². The number of carboxylic acid groups (broad SMARTS) is 1. The molecule has 1 heterocycles. The molecule has 1 aliphatic rings. The molecule has 0 saturated heterocycles. The Bertz CT molecular complexity index is 380. The summed E-state index contributed by atoms with van der Waals surface area (Å²) in [6.07, 6.45) is 0.540. The molecule has 0 amide bonds. The zero-order valence-corrected chi connectivity index (χ0v) is 8.54. The van der Waals surface area contributed by atoms with E-state index in [1.54, 1.807) is 0 Å². The van der Waals surface area contributed by atoms with Gasteiger partial charge in [-0.3, -0.25) is 9.89 Å². The molecule has 1 aromatic heterocycles. The molecule has 16 heavy (non-hydrogen) atoms. The van der Waals surface area contributed by atoms with Gasteiger partial charge in [0.15, 0.2) is 0 Å². The Morgan fingerprint density at radius 1 is 1.38 bits per heavy atom. The zero-order chi connectivity index (χ0) is 11.8. The highest BCUT2D eigenvalue weighted by atomic mass is 19.3. The maximum atomic E-state index is 13.0. The highest BCUT2D eigenvalue weighted by Crippen LogP contribution is 2.44. The minimum atomic E-state index is -2.74. The summed E-state index contributed by atoms with van der Waals surface area (Å²) in [5, 5.41) is 15.5. The molecule has 2 rings (SSSR count). The summed E-state index contributed by atoms with van der Waals surface area (Å²) in [7, 11) is 0. The van der Waals surface area contributed by atoms with E-state index in [4.69, 9.17) is 0 Å². The predicted octanol–water partition coefficient (Wildman–Crippen LogP) is 1.94. The first-order valence-electron chi connectivity index (χ1n) is 5.07. The van der Waals surface area contributed by atoms with Gasteiger partial charge in [-0.15, -0.1) is 0 Å². The van der Waals surface area contributed by atoms with Crippen molar-refractivity contribution in [3.8, 4) is 0 Å². The first-order chi connectivity index (χ1) is 7.46. The summed E-state index contributed by atoms with van der Waals surface area (Å²) in [4.78, 5) is 11.3. The number of aromatic nitrogens is 2. The lowest BCUT2D eigenvalue weighted by molar-refractivity contribution is -0.149. The van der Waals surface area contributed by atoms with E-state index in [0.717, 1.165) is 0 Å². The molecule has 1 saturated carbocycles. The van der Waals surface area contributed by atoms with Crippen LogP contribution in [0.2, 0.25) is 0 Å². The third kappa shape index (κ3) is 1.68. The van der Waals surface area contributed by atoms with Crippen molar-refractivity contribution in [3.05, 3.63) is 18.0 Å². The Labute approximate surface area is 90.7 Å². The normalized spacial score (nSPS) is 22.9. The monoisotopic (exact) mass is 230 g/mol. The van der Waals surface area contributed by atoms with Crippen LogP contribution in [0.25, 0.3) is 0 Å². The number of rotatable bonds is 2. The molecule has 0 spiro atoms. The lowest BCUT2D eigenvalue weighted by atomic mass is 9.70. The lowest BCUT2D eigenvalue weighted by Crippen LogP contribution is -2.43. The first kappa shape index (κ1) is 11.0. The molecule has 4 nitrogen and oxygen atoms in total. The molecule has 88 valence electrons. The van der Waals surface area contributed by atoms with Gasteiger partial charge in [0.1, 0.15) is 5.41 Å². The van der Waals surface area contributed by atoms with Gasteiger partial charge < -0.3 is 5.11 Å². The maximum absolute atomic E-state index is 13.0. The zero-order valence-electron chi connectivity index (χ0n) is 8.54. The number of aromatic amines is 1. The van der Waals surface area contributed by atoms with E-state index < -0.39 is 30.1 Å². The second kappa shape index (κ2) is 3.54. The molecule has 0 radical (unpaired) electrons. The van der Waals surface area contributed by atoms with Gasteiger partial charge in [-0.2, -0.15) is 5.10 Å². The van der Waals surface area contributed by atoms with Gasteiger partial charge >= 0.3 is 5.97 Å². The number of nitrogens with one attached hydrogen (secondary N) is 1. The Morgan fingerprint density at radius 3 is 2.44 bits per heavy atom. The Hall–Kier alpha value is -1.46. The van der Waals surface area contributed by atoms with Gasteiger partial charge in [0.2, 0.25) is 5.92 Å². The van der Waals surface area contributed by atoms with Crippen LogP contribution in [0.5, 0.6) is 0 Å². The summed E-state index contributed by atoms with van der Waals surface area (Å²) >= 11 is 0. The van der Waals surface area contributed by atoms with Crippen molar-refractivity contribution in [2.75, 3.05) is 0 Å². The van der Waals surface area contributed by atoms with Crippen LogP contribution in [0.3, 0.4) is 0 Å². The number of carboxylic acids is 1. The molecule has 6 heteroatoms. The van der Waals surface area contributed by atoms with Crippen molar-refractivity contribution < 1.29 is 18.7 Å². The summed E-state index contributed by atoms with van der Waals surface area (Å²) in [6.45, 7) is 0. The highest BCUT2D eigenvalue weighted by molar-refractivity contribution is 5.80. The van der Waals surface area contributed by atoms with E-state index >= 15 is 0 Å². The van der Waals surface area contributed by atoms with E-state index in [1.807, 2.05) is 0 Å². The van der Waals surface area contributed by atoms with Crippen LogP contribution in [0.1, 0.15) is 31.4 Å².